The summed E-state index contributed by atoms with van der Waals surface area (Å²) < 4.78 is 0. The molecule has 2 amide bonds. The highest BCUT2D eigenvalue weighted by atomic mass is 35.5. The summed E-state index contributed by atoms with van der Waals surface area (Å²) in [6.07, 6.45) is 0. The van der Waals surface area contributed by atoms with Crippen LogP contribution in [0.2, 0.25) is 5.02 Å². The lowest BCUT2D eigenvalue weighted by Gasteiger charge is -2.22. The van der Waals surface area contributed by atoms with Gasteiger partial charge in [-0.3, -0.25) is 9.59 Å². The van der Waals surface area contributed by atoms with E-state index in [9.17, 15) is 9.59 Å². The second kappa shape index (κ2) is 6.04. The molecule has 0 aliphatic rings. The van der Waals surface area contributed by atoms with E-state index in [4.69, 9.17) is 16.7 Å². The van der Waals surface area contributed by atoms with E-state index in [-0.39, 0.29) is 6.61 Å². The molecule has 0 radical (unpaired) electrons. The molecule has 0 fully saturated rings. The first-order valence-electron chi connectivity index (χ1n) is 5.76. The van der Waals surface area contributed by atoms with E-state index in [1.54, 1.807) is 39.0 Å². The monoisotopic (exact) mass is 284 g/mol. The van der Waals surface area contributed by atoms with Gasteiger partial charge in [0.25, 0.3) is 0 Å². The number of carbonyl (C=O) groups excluding carboxylic acids is 2. The molecule has 0 saturated carbocycles. The molecular formula is C13H17ClN2O3. The first-order valence-corrected chi connectivity index (χ1v) is 6.13. The number of aryl methyl sites for hydroxylation is 1. The van der Waals surface area contributed by atoms with Crippen molar-refractivity contribution in [1.82, 2.24) is 5.32 Å². The van der Waals surface area contributed by atoms with E-state index in [0.717, 1.165) is 5.56 Å². The zero-order valence-electron chi connectivity index (χ0n) is 11.1. The molecule has 0 unspecified atom stereocenters. The van der Waals surface area contributed by atoms with Gasteiger partial charge in [0, 0.05) is 10.7 Å². The van der Waals surface area contributed by atoms with Crippen LogP contribution in [0, 0.1) is 6.92 Å². The normalized spacial score (nSPS) is 11.0. The molecule has 104 valence electrons. The van der Waals surface area contributed by atoms with Crippen LogP contribution < -0.4 is 10.6 Å². The maximum Gasteiger partial charge on any atom is 0.313 e. The molecule has 0 aliphatic heterocycles. The van der Waals surface area contributed by atoms with Crippen molar-refractivity contribution in [3.05, 3.63) is 28.8 Å². The first-order chi connectivity index (χ1) is 8.75. The van der Waals surface area contributed by atoms with Crippen LogP contribution >= 0.6 is 11.6 Å². The number of halogens is 1. The summed E-state index contributed by atoms with van der Waals surface area (Å²) in [4.78, 5) is 23.3. The van der Waals surface area contributed by atoms with E-state index in [1.165, 1.54) is 0 Å². The molecule has 0 atom stereocenters. The minimum absolute atomic E-state index is 0.258. The number of aliphatic hydroxyl groups is 1. The van der Waals surface area contributed by atoms with E-state index >= 15 is 0 Å². The fourth-order valence-corrected chi connectivity index (χ4v) is 1.58. The molecule has 19 heavy (non-hydrogen) atoms. The Labute approximate surface area is 117 Å². The number of carbonyl (C=O) groups is 2. The summed E-state index contributed by atoms with van der Waals surface area (Å²) in [6.45, 7) is 4.75. The number of anilines is 1. The molecule has 0 saturated heterocycles. The lowest BCUT2D eigenvalue weighted by Crippen LogP contribution is -2.50. The minimum atomic E-state index is -0.844. The maximum absolute atomic E-state index is 11.7. The Kier molecular flexibility index (Phi) is 4.91. The van der Waals surface area contributed by atoms with Crippen molar-refractivity contribution in [1.29, 1.82) is 0 Å². The highest BCUT2D eigenvalue weighted by molar-refractivity contribution is 6.40. The highest BCUT2D eigenvalue weighted by Gasteiger charge is 2.23. The number of rotatable bonds is 3. The number of benzene rings is 1. The van der Waals surface area contributed by atoms with Crippen molar-refractivity contribution in [3.8, 4) is 0 Å². The predicted octanol–water partition coefficient (Wildman–Crippen LogP) is 1.47. The number of amides is 2. The van der Waals surface area contributed by atoms with Gasteiger partial charge in [0.2, 0.25) is 0 Å². The molecule has 5 nitrogen and oxygen atoms in total. The third-order valence-corrected chi connectivity index (χ3v) is 2.73. The van der Waals surface area contributed by atoms with Gasteiger partial charge in [0.15, 0.2) is 0 Å². The third-order valence-electron chi connectivity index (χ3n) is 2.49. The zero-order valence-corrected chi connectivity index (χ0v) is 11.8. The second-order valence-electron chi connectivity index (χ2n) is 4.91. The van der Waals surface area contributed by atoms with Crippen LogP contribution in [0.1, 0.15) is 19.4 Å². The van der Waals surface area contributed by atoms with Gasteiger partial charge in [0.05, 0.1) is 12.1 Å². The van der Waals surface area contributed by atoms with Crippen LogP contribution in [-0.2, 0) is 9.59 Å². The van der Waals surface area contributed by atoms with Crippen molar-refractivity contribution in [3.63, 3.8) is 0 Å². The molecule has 1 rings (SSSR count). The van der Waals surface area contributed by atoms with Gasteiger partial charge in [0.1, 0.15) is 0 Å². The Morgan fingerprint density at radius 1 is 1.32 bits per heavy atom. The Morgan fingerprint density at radius 3 is 2.47 bits per heavy atom. The Bertz CT molecular complexity index is 501. The number of hydrogen-bond donors (Lipinski definition) is 3. The highest BCUT2D eigenvalue weighted by Crippen LogP contribution is 2.19. The van der Waals surface area contributed by atoms with Gasteiger partial charge >= 0.3 is 11.8 Å². The first kappa shape index (κ1) is 15.5. The molecule has 0 aromatic heterocycles. The lowest BCUT2D eigenvalue weighted by molar-refractivity contribution is -0.137. The molecular weight excluding hydrogens is 268 g/mol. The summed E-state index contributed by atoms with van der Waals surface area (Å²) in [5.41, 5.74) is 0.435. The Balaban J connectivity index is 2.72. The summed E-state index contributed by atoms with van der Waals surface area (Å²) in [7, 11) is 0. The van der Waals surface area contributed by atoms with Crippen molar-refractivity contribution in [2.24, 2.45) is 0 Å². The van der Waals surface area contributed by atoms with Gasteiger partial charge < -0.3 is 15.7 Å². The maximum atomic E-state index is 11.7. The predicted molar refractivity (Wildman–Crippen MR) is 74.1 cm³/mol. The van der Waals surface area contributed by atoms with Crippen molar-refractivity contribution in [2.75, 3.05) is 11.9 Å². The Hall–Kier alpha value is -1.59. The number of aliphatic hydroxyl groups excluding tert-OH is 1. The SMILES string of the molecule is Cc1cc(Cl)ccc1NC(=O)C(=O)NC(C)(C)CO. The average Bonchev–Trinajstić information content (AvgIpc) is 2.32. The second-order valence-corrected chi connectivity index (χ2v) is 5.35. The van der Waals surface area contributed by atoms with Crippen LogP contribution in [0.4, 0.5) is 5.69 Å². The van der Waals surface area contributed by atoms with Crippen LogP contribution in [0.3, 0.4) is 0 Å². The molecule has 1 aromatic rings. The molecule has 1 aromatic carbocycles. The van der Waals surface area contributed by atoms with E-state index in [1.807, 2.05) is 0 Å². The van der Waals surface area contributed by atoms with Gasteiger partial charge in [-0.15, -0.1) is 0 Å². The smallest absolute Gasteiger partial charge is 0.313 e. The average molecular weight is 285 g/mol. The summed E-state index contributed by atoms with van der Waals surface area (Å²) in [5.74, 6) is -1.58. The minimum Gasteiger partial charge on any atom is -0.394 e. The molecule has 6 heteroatoms. The quantitative estimate of drug-likeness (QED) is 0.736. The van der Waals surface area contributed by atoms with Crippen LogP contribution in [-0.4, -0.2) is 29.1 Å². The van der Waals surface area contributed by atoms with Crippen molar-refractivity contribution < 1.29 is 14.7 Å². The summed E-state index contributed by atoms with van der Waals surface area (Å²) in [6, 6.07) is 4.94. The van der Waals surface area contributed by atoms with E-state index < -0.39 is 17.4 Å². The van der Waals surface area contributed by atoms with Gasteiger partial charge in [-0.25, -0.2) is 0 Å². The van der Waals surface area contributed by atoms with Gasteiger partial charge in [-0.05, 0) is 44.5 Å². The van der Waals surface area contributed by atoms with Crippen molar-refractivity contribution >= 4 is 29.1 Å². The molecule has 3 N–H and O–H groups in total. The van der Waals surface area contributed by atoms with Gasteiger partial charge in [-0.2, -0.15) is 0 Å². The van der Waals surface area contributed by atoms with Crippen LogP contribution in [0.25, 0.3) is 0 Å². The number of hydrogen-bond acceptors (Lipinski definition) is 3. The Morgan fingerprint density at radius 2 is 1.95 bits per heavy atom. The standard InChI is InChI=1S/C13H17ClN2O3/c1-8-6-9(14)4-5-10(8)15-11(18)12(19)16-13(2,3)7-17/h4-6,17H,7H2,1-3H3,(H,15,18)(H,16,19). The zero-order chi connectivity index (χ0) is 14.6. The number of nitrogens with one attached hydrogen (secondary N) is 2. The lowest BCUT2D eigenvalue weighted by atomic mass is 10.1. The van der Waals surface area contributed by atoms with Crippen LogP contribution in [0.5, 0.6) is 0 Å². The van der Waals surface area contributed by atoms with Gasteiger partial charge in [-0.1, -0.05) is 11.6 Å². The molecule has 0 aliphatic carbocycles. The third kappa shape index (κ3) is 4.54. The largest absolute Gasteiger partial charge is 0.394 e. The molecule has 0 bridgehead atoms. The molecule has 0 spiro atoms. The van der Waals surface area contributed by atoms with Crippen LogP contribution in [0.15, 0.2) is 18.2 Å². The summed E-state index contributed by atoms with van der Waals surface area (Å²) in [5, 5.41) is 14.5. The summed E-state index contributed by atoms with van der Waals surface area (Å²) >= 11 is 5.80. The fourth-order valence-electron chi connectivity index (χ4n) is 1.35. The van der Waals surface area contributed by atoms with Crippen molar-refractivity contribution in [2.45, 2.75) is 26.3 Å². The fraction of sp³-hybridized carbons (Fsp3) is 0.385. The van der Waals surface area contributed by atoms with E-state index in [0.29, 0.717) is 10.7 Å². The molecule has 0 heterocycles. The van der Waals surface area contributed by atoms with E-state index in [2.05, 4.69) is 10.6 Å². The topological polar surface area (TPSA) is 78.4 Å².